The molecule has 1 rings (SSSR count). The van der Waals surface area contributed by atoms with Gasteiger partial charge >= 0.3 is 11.9 Å². The van der Waals surface area contributed by atoms with Crippen molar-refractivity contribution in [2.24, 2.45) is 0 Å². The van der Waals surface area contributed by atoms with Crippen LogP contribution < -0.4 is 0 Å². The minimum Gasteiger partial charge on any atom is -0.481 e. The van der Waals surface area contributed by atoms with Crippen LogP contribution >= 0.6 is 0 Å². The van der Waals surface area contributed by atoms with E-state index in [0.29, 0.717) is 12.0 Å². The van der Waals surface area contributed by atoms with E-state index in [0.717, 1.165) is 25.7 Å². The number of carboxylic acids is 2. The number of carboxylic acid groups (broad SMARTS) is 2. The number of benzene rings is 1. The lowest BCUT2D eigenvalue weighted by Crippen LogP contribution is -2.38. The van der Waals surface area contributed by atoms with Crippen LogP contribution in [0.5, 0.6) is 0 Å². The molecule has 1 aromatic rings. The maximum absolute atomic E-state index is 11.8. The van der Waals surface area contributed by atoms with Crippen LogP contribution in [0.3, 0.4) is 0 Å². The zero-order chi connectivity index (χ0) is 15.0. The molecule has 20 heavy (non-hydrogen) atoms. The first kappa shape index (κ1) is 16.2. The molecule has 0 spiro atoms. The molecule has 0 bridgehead atoms. The van der Waals surface area contributed by atoms with Gasteiger partial charge in [-0.25, -0.2) is 0 Å². The second-order valence-electron chi connectivity index (χ2n) is 5.13. The van der Waals surface area contributed by atoms with E-state index in [1.165, 1.54) is 0 Å². The van der Waals surface area contributed by atoms with E-state index in [9.17, 15) is 14.7 Å². The van der Waals surface area contributed by atoms with Crippen molar-refractivity contribution in [3.8, 4) is 0 Å². The van der Waals surface area contributed by atoms with Crippen LogP contribution in [0.1, 0.15) is 51.0 Å². The Morgan fingerprint density at radius 3 is 2.20 bits per heavy atom. The van der Waals surface area contributed by atoms with Gasteiger partial charge in [-0.2, -0.15) is 0 Å². The molecule has 1 unspecified atom stereocenters. The molecule has 0 aliphatic carbocycles. The lowest BCUT2D eigenvalue weighted by molar-refractivity contribution is -0.151. The van der Waals surface area contributed by atoms with Crippen LogP contribution in [0.4, 0.5) is 0 Å². The Morgan fingerprint density at radius 2 is 1.70 bits per heavy atom. The molecule has 0 aromatic heterocycles. The fraction of sp³-hybridized carbons (Fsp3) is 0.500. The number of aliphatic carboxylic acids is 2. The molecule has 0 fully saturated rings. The molecule has 0 saturated carbocycles. The van der Waals surface area contributed by atoms with Gasteiger partial charge in [0.25, 0.3) is 0 Å². The topological polar surface area (TPSA) is 74.6 Å². The van der Waals surface area contributed by atoms with Gasteiger partial charge in [-0.15, -0.1) is 0 Å². The number of unbranched alkanes of at least 4 members (excludes halogenated alkanes) is 3. The second kappa shape index (κ2) is 7.68. The van der Waals surface area contributed by atoms with Crippen molar-refractivity contribution in [1.82, 2.24) is 0 Å². The summed E-state index contributed by atoms with van der Waals surface area (Å²) in [5.41, 5.74) is -0.743. The fourth-order valence-electron chi connectivity index (χ4n) is 2.51. The average molecular weight is 278 g/mol. The summed E-state index contributed by atoms with van der Waals surface area (Å²) < 4.78 is 0. The Morgan fingerprint density at radius 1 is 1.05 bits per heavy atom. The first-order valence-electron chi connectivity index (χ1n) is 7.03. The summed E-state index contributed by atoms with van der Waals surface area (Å²) in [6.45, 7) is 2.08. The maximum atomic E-state index is 11.8. The van der Waals surface area contributed by atoms with E-state index in [-0.39, 0.29) is 6.42 Å². The third-order valence-corrected chi connectivity index (χ3v) is 3.65. The highest BCUT2D eigenvalue weighted by Gasteiger charge is 2.41. The van der Waals surface area contributed by atoms with Crippen molar-refractivity contribution in [3.63, 3.8) is 0 Å². The van der Waals surface area contributed by atoms with Crippen molar-refractivity contribution in [2.45, 2.75) is 50.9 Å². The van der Waals surface area contributed by atoms with Gasteiger partial charge in [-0.1, -0.05) is 62.9 Å². The summed E-state index contributed by atoms with van der Waals surface area (Å²) in [6, 6.07) is 8.71. The van der Waals surface area contributed by atoms with E-state index in [2.05, 4.69) is 6.92 Å². The van der Waals surface area contributed by atoms with Crippen molar-refractivity contribution in [1.29, 1.82) is 0 Å². The largest absolute Gasteiger partial charge is 0.481 e. The normalized spacial score (nSPS) is 13.7. The van der Waals surface area contributed by atoms with E-state index < -0.39 is 17.4 Å². The van der Waals surface area contributed by atoms with Crippen LogP contribution in [0.2, 0.25) is 0 Å². The summed E-state index contributed by atoms with van der Waals surface area (Å²) in [5, 5.41) is 18.7. The molecule has 0 amide bonds. The smallest absolute Gasteiger partial charge is 0.314 e. The third kappa shape index (κ3) is 4.08. The lowest BCUT2D eigenvalue weighted by atomic mass is 9.73. The molecule has 0 aliphatic rings. The molecule has 0 aliphatic heterocycles. The Hall–Kier alpha value is -1.84. The molecule has 0 heterocycles. The minimum absolute atomic E-state index is 0.360. The molecular formula is C16H22O4. The first-order valence-corrected chi connectivity index (χ1v) is 7.03. The summed E-state index contributed by atoms with van der Waals surface area (Å²) in [7, 11) is 0. The van der Waals surface area contributed by atoms with Gasteiger partial charge in [-0.3, -0.25) is 9.59 Å². The van der Waals surface area contributed by atoms with Gasteiger partial charge in [0, 0.05) is 0 Å². The van der Waals surface area contributed by atoms with Crippen molar-refractivity contribution in [3.05, 3.63) is 35.9 Å². The van der Waals surface area contributed by atoms with Crippen LogP contribution in [-0.4, -0.2) is 22.2 Å². The van der Waals surface area contributed by atoms with E-state index >= 15 is 0 Å². The number of carbonyl (C=O) groups is 2. The van der Waals surface area contributed by atoms with Gasteiger partial charge in [-0.05, 0) is 12.0 Å². The lowest BCUT2D eigenvalue weighted by Gasteiger charge is -2.28. The highest BCUT2D eigenvalue weighted by Crippen LogP contribution is 2.34. The molecule has 0 saturated heterocycles. The van der Waals surface area contributed by atoms with Gasteiger partial charge in [0.05, 0.1) is 6.42 Å². The number of rotatable bonds is 9. The fourth-order valence-corrected chi connectivity index (χ4v) is 2.51. The third-order valence-electron chi connectivity index (χ3n) is 3.65. The van der Waals surface area contributed by atoms with E-state index in [1.807, 2.05) is 0 Å². The Balaban J connectivity index is 3.02. The summed E-state index contributed by atoms with van der Waals surface area (Å²) in [6.07, 6.45) is 3.74. The van der Waals surface area contributed by atoms with Crippen LogP contribution in [0, 0.1) is 0 Å². The van der Waals surface area contributed by atoms with Gasteiger partial charge < -0.3 is 10.2 Å². The molecule has 1 aromatic carbocycles. The molecule has 2 N–H and O–H groups in total. The van der Waals surface area contributed by atoms with E-state index in [1.54, 1.807) is 30.3 Å². The van der Waals surface area contributed by atoms with Crippen molar-refractivity contribution in [2.75, 3.05) is 0 Å². The molecule has 1 atom stereocenters. The summed E-state index contributed by atoms with van der Waals surface area (Å²) in [5.74, 6) is -2.13. The van der Waals surface area contributed by atoms with Crippen molar-refractivity contribution < 1.29 is 19.8 Å². The SMILES string of the molecule is CCCCCCC(CC(=O)O)(C(=O)O)c1ccccc1. The molecule has 4 heteroatoms. The molecule has 0 radical (unpaired) electrons. The number of hydrogen-bond acceptors (Lipinski definition) is 2. The number of hydrogen-bond donors (Lipinski definition) is 2. The zero-order valence-corrected chi connectivity index (χ0v) is 11.8. The highest BCUT2D eigenvalue weighted by atomic mass is 16.4. The van der Waals surface area contributed by atoms with E-state index in [4.69, 9.17) is 5.11 Å². The monoisotopic (exact) mass is 278 g/mol. The predicted octanol–water partition coefficient (Wildman–Crippen LogP) is 3.45. The van der Waals surface area contributed by atoms with Crippen LogP contribution in [-0.2, 0) is 15.0 Å². The highest BCUT2D eigenvalue weighted by molar-refractivity contribution is 5.87. The standard InChI is InChI=1S/C16H22O4/c1-2-3-4-8-11-16(15(19)20,12-14(17)18)13-9-6-5-7-10-13/h5-7,9-10H,2-4,8,11-12H2,1H3,(H,17,18)(H,19,20). The summed E-state index contributed by atoms with van der Waals surface area (Å²) in [4.78, 5) is 22.9. The molecular weight excluding hydrogens is 256 g/mol. The Labute approximate surface area is 119 Å². The Bertz CT molecular complexity index is 441. The second-order valence-corrected chi connectivity index (χ2v) is 5.13. The first-order chi connectivity index (χ1) is 9.53. The van der Waals surface area contributed by atoms with Crippen molar-refractivity contribution >= 4 is 11.9 Å². The summed E-state index contributed by atoms with van der Waals surface area (Å²) >= 11 is 0. The minimum atomic E-state index is -1.32. The maximum Gasteiger partial charge on any atom is 0.314 e. The van der Waals surface area contributed by atoms with Gasteiger partial charge in [0.2, 0.25) is 0 Å². The van der Waals surface area contributed by atoms with Gasteiger partial charge in [0.15, 0.2) is 0 Å². The quantitative estimate of drug-likeness (QED) is 0.678. The molecule has 4 nitrogen and oxygen atoms in total. The molecule has 110 valence electrons. The van der Waals surface area contributed by atoms with Crippen LogP contribution in [0.15, 0.2) is 30.3 Å². The predicted molar refractivity (Wildman–Crippen MR) is 76.8 cm³/mol. The van der Waals surface area contributed by atoms with Gasteiger partial charge in [0.1, 0.15) is 5.41 Å². The Kier molecular flexibility index (Phi) is 6.22. The zero-order valence-electron chi connectivity index (χ0n) is 11.8. The van der Waals surface area contributed by atoms with Crippen LogP contribution in [0.25, 0.3) is 0 Å². The average Bonchev–Trinajstić information content (AvgIpc) is 2.42.